The number of aliphatic carboxylic acids is 1. The van der Waals surface area contributed by atoms with Crippen LogP contribution in [0.5, 0.6) is 5.75 Å². The number of hydrogen-bond donors (Lipinski definition) is 1. The van der Waals surface area contributed by atoms with Gasteiger partial charge >= 0.3 is 5.97 Å². The molecule has 1 aromatic carbocycles. The summed E-state index contributed by atoms with van der Waals surface area (Å²) in [5.41, 5.74) is 0.984. The summed E-state index contributed by atoms with van der Waals surface area (Å²) in [7, 11) is 1.62. The summed E-state index contributed by atoms with van der Waals surface area (Å²) in [5, 5.41) is 9.01. The highest BCUT2D eigenvalue weighted by Gasteiger charge is 2.19. The molecule has 0 fully saturated rings. The highest BCUT2D eigenvalue weighted by molar-refractivity contribution is 5.70. The summed E-state index contributed by atoms with van der Waals surface area (Å²) in [6.07, 6.45) is 0. The first kappa shape index (κ1) is 14.4. The largest absolute Gasteiger partial charge is 0.497 e. The third-order valence-corrected chi connectivity index (χ3v) is 2.90. The van der Waals surface area contributed by atoms with Crippen LogP contribution in [0, 0.1) is 5.92 Å². The van der Waals surface area contributed by atoms with Gasteiger partial charge in [0.2, 0.25) is 0 Å². The molecule has 1 rings (SSSR count). The number of benzene rings is 1. The molecule has 0 heterocycles. The molecule has 1 N–H and O–H groups in total. The van der Waals surface area contributed by atoms with Gasteiger partial charge in [0, 0.05) is 24.3 Å². The lowest BCUT2D eigenvalue weighted by molar-refractivity contribution is -0.140. The van der Waals surface area contributed by atoms with Crippen molar-refractivity contribution in [2.24, 2.45) is 5.92 Å². The molecule has 4 heteroatoms. The van der Waals surface area contributed by atoms with Gasteiger partial charge in [-0.05, 0) is 26.0 Å². The Balaban J connectivity index is 2.93. The second-order valence-corrected chi connectivity index (χ2v) is 4.69. The molecule has 1 atom stereocenters. The van der Waals surface area contributed by atoms with E-state index in [0.717, 1.165) is 11.4 Å². The van der Waals surface area contributed by atoms with E-state index >= 15 is 0 Å². The molecule has 0 radical (unpaired) electrons. The van der Waals surface area contributed by atoms with Gasteiger partial charge in [0.05, 0.1) is 13.0 Å². The lowest BCUT2D eigenvalue weighted by Gasteiger charge is -2.30. The molecule has 0 spiro atoms. The van der Waals surface area contributed by atoms with Crippen molar-refractivity contribution >= 4 is 11.7 Å². The van der Waals surface area contributed by atoms with Crippen LogP contribution >= 0.6 is 0 Å². The fourth-order valence-electron chi connectivity index (χ4n) is 1.78. The van der Waals surface area contributed by atoms with Crippen molar-refractivity contribution in [3.05, 3.63) is 24.3 Å². The minimum Gasteiger partial charge on any atom is -0.497 e. The Morgan fingerprint density at radius 3 is 2.56 bits per heavy atom. The second-order valence-electron chi connectivity index (χ2n) is 4.69. The normalized spacial score (nSPS) is 12.3. The van der Waals surface area contributed by atoms with Crippen molar-refractivity contribution in [1.82, 2.24) is 0 Å². The summed E-state index contributed by atoms with van der Waals surface area (Å²) >= 11 is 0. The summed E-state index contributed by atoms with van der Waals surface area (Å²) in [5.74, 6) is -0.400. The number of carboxylic acid groups (broad SMARTS) is 1. The minimum atomic E-state index is -0.774. The molecule has 0 aliphatic rings. The Bertz CT molecular complexity index is 404. The van der Waals surface area contributed by atoms with Gasteiger partial charge < -0.3 is 14.7 Å². The number of hydrogen-bond acceptors (Lipinski definition) is 3. The van der Waals surface area contributed by atoms with Crippen LogP contribution in [0.25, 0.3) is 0 Å². The maximum Gasteiger partial charge on any atom is 0.308 e. The van der Waals surface area contributed by atoms with Crippen LogP contribution in [0.3, 0.4) is 0 Å². The number of ether oxygens (including phenoxy) is 1. The molecule has 0 amide bonds. The maximum atomic E-state index is 11.0. The predicted octanol–water partition coefficient (Wildman–Crippen LogP) is 2.63. The molecule has 0 aliphatic carbocycles. The van der Waals surface area contributed by atoms with Gasteiger partial charge in [-0.1, -0.05) is 13.0 Å². The van der Waals surface area contributed by atoms with Crippen LogP contribution in [0.2, 0.25) is 0 Å². The highest BCUT2D eigenvalue weighted by Crippen LogP contribution is 2.23. The van der Waals surface area contributed by atoms with Crippen molar-refractivity contribution in [1.29, 1.82) is 0 Å². The SMILES string of the molecule is COc1cccc(N(CC(C)C(=O)O)C(C)C)c1. The van der Waals surface area contributed by atoms with E-state index in [9.17, 15) is 4.79 Å². The van der Waals surface area contributed by atoms with E-state index in [-0.39, 0.29) is 6.04 Å². The minimum absolute atomic E-state index is 0.235. The third-order valence-electron chi connectivity index (χ3n) is 2.90. The smallest absolute Gasteiger partial charge is 0.308 e. The zero-order valence-electron chi connectivity index (χ0n) is 11.4. The van der Waals surface area contributed by atoms with Gasteiger partial charge in [-0.15, -0.1) is 0 Å². The van der Waals surface area contributed by atoms with Crippen molar-refractivity contribution < 1.29 is 14.6 Å². The molecule has 0 aromatic heterocycles. The van der Waals surface area contributed by atoms with Gasteiger partial charge in [0.15, 0.2) is 0 Å². The van der Waals surface area contributed by atoms with E-state index in [0.29, 0.717) is 6.54 Å². The van der Waals surface area contributed by atoms with Crippen molar-refractivity contribution in [3.8, 4) is 5.75 Å². The number of carbonyl (C=O) groups is 1. The first-order valence-corrected chi connectivity index (χ1v) is 6.09. The Morgan fingerprint density at radius 1 is 1.39 bits per heavy atom. The highest BCUT2D eigenvalue weighted by atomic mass is 16.5. The van der Waals surface area contributed by atoms with Crippen LogP contribution in [-0.2, 0) is 4.79 Å². The van der Waals surface area contributed by atoms with Gasteiger partial charge in [-0.25, -0.2) is 0 Å². The van der Waals surface area contributed by atoms with E-state index in [1.807, 2.05) is 38.1 Å². The maximum absolute atomic E-state index is 11.0. The number of methoxy groups -OCH3 is 1. The molecule has 0 bridgehead atoms. The molecular formula is C14H21NO3. The Hall–Kier alpha value is -1.71. The van der Waals surface area contributed by atoms with Crippen molar-refractivity contribution in [2.45, 2.75) is 26.8 Å². The van der Waals surface area contributed by atoms with Gasteiger partial charge in [-0.2, -0.15) is 0 Å². The molecule has 1 aromatic rings. The number of carboxylic acids is 1. The van der Waals surface area contributed by atoms with Gasteiger partial charge in [-0.3, -0.25) is 4.79 Å². The van der Waals surface area contributed by atoms with Crippen LogP contribution in [-0.4, -0.2) is 30.8 Å². The molecule has 4 nitrogen and oxygen atoms in total. The Morgan fingerprint density at radius 2 is 2.06 bits per heavy atom. The first-order chi connectivity index (χ1) is 8.45. The van der Waals surface area contributed by atoms with E-state index in [1.165, 1.54) is 0 Å². The zero-order chi connectivity index (χ0) is 13.7. The fraction of sp³-hybridized carbons (Fsp3) is 0.500. The fourth-order valence-corrected chi connectivity index (χ4v) is 1.78. The first-order valence-electron chi connectivity index (χ1n) is 6.09. The summed E-state index contributed by atoms with van der Waals surface area (Å²) in [6.45, 7) is 6.31. The molecule has 0 saturated carbocycles. The molecule has 18 heavy (non-hydrogen) atoms. The third kappa shape index (κ3) is 3.65. The van der Waals surface area contributed by atoms with Crippen LogP contribution in [0.4, 0.5) is 5.69 Å². The predicted molar refractivity (Wildman–Crippen MR) is 72.3 cm³/mol. The zero-order valence-corrected chi connectivity index (χ0v) is 11.4. The summed E-state index contributed by atoms with van der Waals surface area (Å²) in [4.78, 5) is 13.0. The lowest BCUT2D eigenvalue weighted by atomic mass is 10.1. The standard InChI is InChI=1S/C14H21NO3/c1-10(2)15(9-11(3)14(16)17)12-6-5-7-13(8-12)18-4/h5-8,10-11H,9H2,1-4H3,(H,16,17). The molecule has 1 unspecified atom stereocenters. The monoisotopic (exact) mass is 251 g/mol. The summed E-state index contributed by atoms with van der Waals surface area (Å²) < 4.78 is 5.19. The average molecular weight is 251 g/mol. The van der Waals surface area contributed by atoms with E-state index in [2.05, 4.69) is 4.90 Å². The number of anilines is 1. The van der Waals surface area contributed by atoms with Crippen molar-refractivity contribution in [2.75, 3.05) is 18.6 Å². The topological polar surface area (TPSA) is 49.8 Å². The molecule has 100 valence electrons. The van der Waals surface area contributed by atoms with Crippen molar-refractivity contribution in [3.63, 3.8) is 0 Å². The molecule has 0 saturated heterocycles. The summed E-state index contributed by atoms with van der Waals surface area (Å²) in [6, 6.07) is 7.92. The molecule has 0 aliphatic heterocycles. The number of rotatable bonds is 6. The van der Waals surface area contributed by atoms with E-state index in [4.69, 9.17) is 9.84 Å². The quantitative estimate of drug-likeness (QED) is 0.844. The van der Waals surface area contributed by atoms with Gasteiger partial charge in [0.25, 0.3) is 0 Å². The Labute approximate surface area is 108 Å². The number of nitrogens with zero attached hydrogens (tertiary/aromatic N) is 1. The van der Waals surface area contributed by atoms with Crippen LogP contribution in [0.15, 0.2) is 24.3 Å². The lowest BCUT2D eigenvalue weighted by Crippen LogP contribution is -2.37. The molecular weight excluding hydrogens is 230 g/mol. The van der Waals surface area contributed by atoms with E-state index in [1.54, 1.807) is 14.0 Å². The average Bonchev–Trinajstić information content (AvgIpc) is 2.35. The Kier molecular flexibility index (Phi) is 5.01. The van der Waals surface area contributed by atoms with Crippen LogP contribution < -0.4 is 9.64 Å². The van der Waals surface area contributed by atoms with E-state index < -0.39 is 11.9 Å². The van der Waals surface area contributed by atoms with Gasteiger partial charge in [0.1, 0.15) is 5.75 Å². The second kappa shape index (κ2) is 6.28. The van der Waals surface area contributed by atoms with Crippen LogP contribution in [0.1, 0.15) is 20.8 Å².